The van der Waals surface area contributed by atoms with E-state index in [9.17, 15) is 13.2 Å². The van der Waals surface area contributed by atoms with E-state index in [0.29, 0.717) is 49.9 Å². The SMILES string of the molecule is CS(=O)(=O)c1ccc(-n2nnnc2CN2CCN(C(=O)c3cc4ccccc4[nH]3)CC2)cc1. The average molecular weight is 466 g/mol. The van der Waals surface area contributed by atoms with Crippen LogP contribution in [0.4, 0.5) is 0 Å². The highest BCUT2D eigenvalue weighted by Crippen LogP contribution is 2.18. The van der Waals surface area contributed by atoms with E-state index in [2.05, 4.69) is 25.4 Å². The van der Waals surface area contributed by atoms with Gasteiger partial charge in [0.2, 0.25) is 0 Å². The van der Waals surface area contributed by atoms with Gasteiger partial charge in [0.15, 0.2) is 15.7 Å². The summed E-state index contributed by atoms with van der Waals surface area (Å²) >= 11 is 0. The van der Waals surface area contributed by atoms with Gasteiger partial charge >= 0.3 is 0 Å². The van der Waals surface area contributed by atoms with Crippen LogP contribution in [0.15, 0.2) is 59.5 Å². The smallest absolute Gasteiger partial charge is 0.270 e. The number of aromatic amines is 1. The Morgan fingerprint density at radius 1 is 1.03 bits per heavy atom. The van der Waals surface area contributed by atoms with E-state index >= 15 is 0 Å². The normalized spacial score (nSPS) is 15.2. The van der Waals surface area contributed by atoms with Crippen LogP contribution in [0.25, 0.3) is 16.6 Å². The number of aromatic nitrogens is 5. The van der Waals surface area contributed by atoms with Crippen molar-refractivity contribution in [2.75, 3.05) is 32.4 Å². The molecule has 2 aromatic carbocycles. The van der Waals surface area contributed by atoms with Gasteiger partial charge in [-0.1, -0.05) is 18.2 Å². The first kappa shape index (κ1) is 21.3. The lowest BCUT2D eigenvalue weighted by Gasteiger charge is -2.34. The van der Waals surface area contributed by atoms with Crippen LogP contribution in [-0.4, -0.2) is 81.8 Å². The van der Waals surface area contributed by atoms with Gasteiger partial charge < -0.3 is 9.88 Å². The number of nitrogens with one attached hydrogen (secondary N) is 1. The summed E-state index contributed by atoms with van der Waals surface area (Å²) in [5.74, 6) is 0.652. The molecule has 0 atom stereocenters. The molecule has 1 fully saturated rings. The molecule has 0 unspecified atom stereocenters. The number of carbonyl (C=O) groups excluding carboxylic acids is 1. The molecule has 170 valence electrons. The minimum Gasteiger partial charge on any atom is -0.351 e. The summed E-state index contributed by atoms with van der Waals surface area (Å²) in [5.41, 5.74) is 2.25. The molecule has 5 rings (SSSR count). The van der Waals surface area contributed by atoms with Crippen LogP contribution in [0.1, 0.15) is 16.3 Å². The van der Waals surface area contributed by atoms with E-state index in [1.54, 1.807) is 28.9 Å². The van der Waals surface area contributed by atoms with Crippen LogP contribution in [0.2, 0.25) is 0 Å². The second-order valence-corrected chi connectivity index (χ2v) is 10.1. The van der Waals surface area contributed by atoms with Crippen molar-refractivity contribution in [3.8, 4) is 5.69 Å². The maximum atomic E-state index is 12.9. The van der Waals surface area contributed by atoms with Crippen molar-refractivity contribution in [3.05, 3.63) is 66.1 Å². The van der Waals surface area contributed by atoms with Crippen LogP contribution in [-0.2, 0) is 16.4 Å². The summed E-state index contributed by atoms with van der Waals surface area (Å²) < 4.78 is 25.0. The van der Waals surface area contributed by atoms with E-state index in [0.717, 1.165) is 10.9 Å². The first-order chi connectivity index (χ1) is 15.9. The van der Waals surface area contributed by atoms with Crippen molar-refractivity contribution in [2.24, 2.45) is 0 Å². The molecule has 1 aliphatic heterocycles. The topological polar surface area (TPSA) is 117 Å². The van der Waals surface area contributed by atoms with Gasteiger partial charge in [-0.15, -0.1) is 5.10 Å². The zero-order chi connectivity index (χ0) is 23.0. The fourth-order valence-corrected chi connectivity index (χ4v) is 4.64. The van der Waals surface area contributed by atoms with Crippen molar-refractivity contribution in [3.63, 3.8) is 0 Å². The number of fused-ring (bicyclic) bond motifs is 1. The van der Waals surface area contributed by atoms with Crippen molar-refractivity contribution >= 4 is 26.6 Å². The van der Waals surface area contributed by atoms with E-state index in [-0.39, 0.29) is 10.8 Å². The predicted molar refractivity (Wildman–Crippen MR) is 122 cm³/mol. The number of benzene rings is 2. The van der Waals surface area contributed by atoms with Gasteiger partial charge in [0.05, 0.1) is 17.1 Å². The van der Waals surface area contributed by atoms with E-state index < -0.39 is 9.84 Å². The summed E-state index contributed by atoms with van der Waals surface area (Å²) in [6.07, 6.45) is 1.17. The predicted octanol–water partition coefficient (Wildman–Crippen LogP) is 1.51. The second kappa shape index (κ2) is 8.41. The molecule has 1 N–H and O–H groups in total. The molecule has 0 bridgehead atoms. The Balaban J connectivity index is 1.23. The maximum Gasteiger partial charge on any atom is 0.270 e. The summed E-state index contributed by atoms with van der Waals surface area (Å²) in [4.78, 5) is 20.4. The third kappa shape index (κ3) is 4.37. The number of rotatable bonds is 5. The number of para-hydroxylation sites is 1. The van der Waals surface area contributed by atoms with Crippen LogP contribution in [0.5, 0.6) is 0 Å². The summed E-state index contributed by atoms with van der Waals surface area (Å²) in [6.45, 7) is 3.14. The van der Waals surface area contributed by atoms with Crippen molar-refractivity contribution in [1.82, 2.24) is 35.0 Å². The number of piperazine rings is 1. The number of amides is 1. The third-order valence-corrected chi connectivity index (χ3v) is 6.96. The van der Waals surface area contributed by atoms with Gasteiger partial charge in [0.25, 0.3) is 5.91 Å². The fourth-order valence-electron chi connectivity index (χ4n) is 4.01. The van der Waals surface area contributed by atoms with Crippen LogP contribution in [0.3, 0.4) is 0 Å². The Hall–Kier alpha value is -3.57. The van der Waals surface area contributed by atoms with Gasteiger partial charge in [-0.05, 0) is 46.8 Å². The molecule has 1 amide bonds. The van der Waals surface area contributed by atoms with Gasteiger partial charge in [-0.25, -0.2) is 8.42 Å². The first-order valence-electron chi connectivity index (χ1n) is 10.6. The number of hydrogen-bond acceptors (Lipinski definition) is 7. The van der Waals surface area contributed by atoms with Gasteiger partial charge in [0.1, 0.15) is 5.69 Å². The number of sulfone groups is 1. The summed E-state index contributed by atoms with van der Waals surface area (Å²) in [5, 5.41) is 13.0. The number of nitrogens with zero attached hydrogens (tertiary/aromatic N) is 6. The molecule has 1 saturated heterocycles. The molecule has 0 saturated carbocycles. The van der Waals surface area contributed by atoms with Crippen LogP contribution < -0.4 is 0 Å². The number of H-pyrrole nitrogens is 1. The van der Waals surface area contributed by atoms with Crippen LogP contribution >= 0.6 is 0 Å². The molecule has 0 spiro atoms. The number of carbonyl (C=O) groups is 1. The molecule has 33 heavy (non-hydrogen) atoms. The molecule has 0 radical (unpaired) electrons. The fraction of sp³-hybridized carbons (Fsp3) is 0.273. The quantitative estimate of drug-likeness (QED) is 0.475. The van der Waals surface area contributed by atoms with E-state index in [1.807, 2.05) is 35.2 Å². The van der Waals surface area contributed by atoms with Gasteiger partial charge in [-0.3, -0.25) is 9.69 Å². The highest BCUT2D eigenvalue weighted by Gasteiger charge is 2.24. The minimum atomic E-state index is -3.27. The van der Waals surface area contributed by atoms with Crippen molar-refractivity contribution in [2.45, 2.75) is 11.4 Å². The Labute approximate surface area is 190 Å². The number of tetrazole rings is 1. The maximum absolute atomic E-state index is 12.9. The monoisotopic (exact) mass is 465 g/mol. The molecule has 3 heterocycles. The van der Waals surface area contributed by atoms with Gasteiger partial charge in [-0.2, -0.15) is 4.68 Å². The van der Waals surface area contributed by atoms with Crippen molar-refractivity contribution in [1.29, 1.82) is 0 Å². The van der Waals surface area contributed by atoms with E-state index in [1.165, 1.54) is 6.26 Å². The molecule has 2 aromatic heterocycles. The zero-order valence-corrected chi connectivity index (χ0v) is 18.9. The second-order valence-electron chi connectivity index (χ2n) is 8.11. The Morgan fingerprint density at radius 3 is 2.45 bits per heavy atom. The minimum absolute atomic E-state index is 0.00153. The average Bonchev–Trinajstić information content (AvgIpc) is 3.45. The molecule has 11 heteroatoms. The standard InChI is InChI=1S/C22H23N7O3S/c1-33(31,32)18-8-6-17(7-9-18)29-21(24-25-26-29)15-27-10-12-28(13-11-27)22(30)20-14-16-4-2-3-5-19(16)23-20/h2-9,14,23H,10-13,15H2,1H3. The molecule has 1 aliphatic rings. The molecule has 4 aromatic rings. The Morgan fingerprint density at radius 2 is 1.76 bits per heavy atom. The number of hydrogen-bond donors (Lipinski definition) is 1. The summed E-state index contributed by atoms with van der Waals surface area (Å²) in [6, 6.07) is 16.2. The molecule has 0 aliphatic carbocycles. The van der Waals surface area contributed by atoms with Crippen molar-refractivity contribution < 1.29 is 13.2 Å². The van der Waals surface area contributed by atoms with Gasteiger partial charge in [0, 0.05) is 43.3 Å². The zero-order valence-electron chi connectivity index (χ0n) is 18.0. The molecular weight excluding hydrogens is 442 g/mol. The molecule has 10 nitrogen and oxygen atoms in total. The van der Waals surface area contributed by atoms with E-state index in [4.69, 9.17) is 0 Å². The lowest BCUT2D eigenvalue weighted by molar-refractivity contribution is 0.0619. The molecular formula is C22H23N7O3S. The lowest BCUT2D eigenvalue weighted by atomic mass is 10.2. The highest BCUT2D eigenvalue weighted by atomic mass is 32.2. The third-order valence-electron chi connectivity index (χ3n) is 5.83. The Kier molecular flexibility index (Phi) is 5.43. The summed E-state index contributed by atoms with van der Waals surface area (Å²) in [7, 11) is -3.27. The lowest BCUT2D eigenvalue weighted by Crippen LogP contribution is -2.48. The Bertz CT molecular complexity index is 1370. The largest absolute Gasteiger partial charge is 0.351 e. The highest BCUT2D eigenvalue weighted by molar-refractivity contribution is 7.90. The first-order valence-corrected chi connectivity index (χ1v) is 12.4. The van der Waals surface area contributed by atoms with Crippen LogP contribution in [0, 0.1) is 0 Å².